The summed E-state index contributed by atoms with van der Waals surface area (Å²) in [6.07, 6.45) is 1.50. The van der Waals surface area contributed by atoms with E-state index in [2.05, 4.69) is 55.9 Å². The molecule has 0 spiro atoms. The average Bonchev–Trinajstić information content (AvgIpc) is 3.34. The van der Waals surface area contributed by atoms with Gasteiger partial charge in [-0.15, -0.1) is 0 Å². The fraction of sp³-hybridized carbons (Fsp3) is 0.333. The Labute approximate surface area is 152 Å². The molecule has 0 aliphatic rings. The van der Waals surface area contributed by atoms with Crippen molar-refractivity contribution in [3.05, 3.63) is 53.7 Å². The van der Waals surface area contributed by atoms with E-state index in [-0.39, 0.29) is 0 Å². The van der Waals surface area contributed by atoms with Gasteiger partial charge in [0.15, 0.2) is 17.5 Å². The second-order valence-electron chi connectivity index (χ2n) is 6.19. The number of rotatable bonds is 6. The highest BCUT2D eigenvalue weighted by atomic mass is 16.5. The lowest BCUT2D eigenvalue weighted by atomic mass is 10.1. The van der Waals surface area contributed by atoms with Gasteiger partial charge in [-0.25, -0.2) is 4.98 Å². The molecule has 3 rings (SSSR count). The second kappa shape index (κ2) is 8.28. The summed E-state index contributed by atoms with van der Waals surface area (Å²) in [5, 5.41) is 17.3. The Hall–Kier alpha value is -3.16. The number of aliphatic imine (C=N–C) groups is 1. The molecule has 0 amide bonds. The van der Waals surface area contributed by atoms with Gasteiger partial charge < -0.3 is 15.2 Å². The summed E-state index contributed by atoms with van der Waals surface area (Å²) in [4.78, 5) is 8.41. The third kappa shape index (κ3) is 4.47. The van der Waals surface area contributed by atoms with Crippen molar-refractivity contribution < 1.29 is 4.52 Å². The first-order chi connectivity index (χ1) is 12.7. The number of nitrogens with one attached hydrogen (secondary N) is 3. The van der Waals surface area contributed by atoms with Crippen LogP contribution in [-0.2, 0) is 13.1 Å². The summed E-state index contributed by atoms with van der Waals surface area (Å²) in [6, 6.07) is 10.1. The maximum atomic E-state index is 5.33. The third-order valence-corrected chi connectivity index (χ3v) is 3.90. The number of guanidine groups is 1. The lowest BCUT2D eigenvalue weighted by molar-refractivity contribution is 0.372. The van der Waals surface area contributed by atoms with E-state index in [4.69, 9.17) is 4.52 Å². The Balaban J connectivity index is 1.55. The zero-order valence-corrected chi connectivity index (χ0v) is 15.2. The van der Waals surface area contributed by atoms with Crippen molar-refractivity contribution in [2.75, 3.05) is 7.05 Å². The van der Waals surface area contributed by atoms with Crippen molar-refractivity contribution in [1.29, 1.82) is 0 Å². The van der Waals surface area contributed by atoms with Crippen molar-refractivity contribution >= 4 is 5.96 Å². The Morgan fingerprint density at radius 1 is 1.23 bits per heavy atom. The van der Waals surface area contributed by atoms with E-state index in [0.717, 1.165) is 28.4 Å². The molecule has 0 radical (unpaired) electrons. The number of H-pyrrole nitrogens is 1. The highest BCUT2D eigenvalue weighted by molar-refractivity contribution is 5.79. The van der Waals surface area contributed by atoms with Gasteiger partial charge in [-0.1, -0.05) is 37.2 Å². The molecular weight excluding hydrogens is 330 g/mol. The van der Waals surface area contributed by atoms with Crippen LogP contribution in [0.3, 0.4) is 0 Å². The second-order valence-corrected chi connectivity index (χ2v) is 6.19. The van der Waals surface area contributed by atoms with Crippen LogP contribution >= 0.6 is 0 Å². The molecule has 0 saturated heterocycles. The quantitative estimate of drug-likeness (QED) is 0.464. The van der Waals surface area contributed by atoms with Gasteiger partial charge in [-0.2, -0.15) is 5.10 Å². The van der Waals surface area contributed by atoms with Gasteiger partial charge in [-0.05, 0) is 17.5 Å². The highest BCUT2D eigenvalue weighted by Gasteiger charge is 2.08. The van der Waals surface area contributed by atoms with E-state index in [1.54, 1.807) is 7.05 Å². The number of hydrogen-bond donors (Lipinski definition) is 3. The van der Waals surface area contributed by atoms with Crippen LogP contribution in [0.25, 0.3) is 11.4 Å². The molecule has 0 fully saturated rings. The third-order valence-electron chi connectivity index (χ3n) is 3.90. The van der Waals surface area contributed by atoms with Crippen molar-refractivity contribution in [2.45, 2.75) is 32.9 Å². The van der Waals surface area contributed by atoms with E-state index >= 15 is 0 Å². The van der Waals surface area contributed by atoms with E-state index < -0.39 is 0 Å². The molecule has 0 aliphatic heterocycles. The lowest BCUT2D eigenvalue weighted by Crippen LogP contribution is -2.36. The van der Waals surface area contributed by atoms with Crippen LogP contribution in [0.15, 0.2) is 46.2 Å². The molecule has 3 N–H and O–H groups in total. The van der Waals surface area contributed by atoms with Crippen LogP contribution in [0.1, 0.15) is 36.8 Å². The van der Waals surface area contributed by atoms with E-state index in [9.17, 15) is 0 Å². The summed E-state index contributed by atoms with van der Waals surface area (Å²) in [5.41, 5.74) is 3.06. The zero-order valence-electron chi connectivity index (χ0n) is 15.2. The minimum atomic E-state index is 0.349. The number of hydrogen-bond acceptors (Lipinski definition) is 5. The van der Waals surface area contributed by atoms with Crippen molar-refractivity contribution in [1.82, 2.24) is 31.0 Å². The molecular formula is C18H23N7O. The fourth-order valence-corrected chi connectivity index (χ4v) is 2.43. The van der Waals surface area contributed by atoms with E-state index in [0.29, 0.717) is 25.0 Å². The summed E-state index contributed by atoms with van der Waals surface area (Å²) in [7, 11) is 1.74. The number of benzene rings is 1. The van der Waals surface area contributed by atoms with Gasteiger partial charge in [-0.3, -0.25) is 10.1 Å². The molecule has 0 atom stereocenters. The van der Waals surface area contributed by atoms with Gasteiger partial charge in [0.1, 0.15) is 6.33 Å². The molecule has 8 nitrogen and oxygen atoms in total. The first-order valence-corrected chi connectivity index (χ1v) is 8.50. The van der Waals surface area contributed by atoms with Gasteiger partial charge in [0.05, 0.1) is 12.2 Å². The Morgan fingerprint density at radius 3 is 2.77 bits per heavy atom. The Kier molecular flexibility index (Phi) is 5.62. The predicted octanol–water partition coefficient (Wildman–Crippen LogP) is 2.45. The standard InChI is InChI=1S/C18H23N7O/c1-12(2)16-8-15(26-25-16)10-21-18(19-3)20-9-13-5-4-6-14(7-13)17-22-11-23-24-17/h4-8,11-12H,9-10H2,1-3H3,(H2,19,20,21)(H,22,23,24). The number of aromatic amines is 1. The largest absolute Gasteiger partial charge is 0.359 e. The minimum Gasteiger partial charge on any atom is -0.359 e. The van der Waals surface area contributed by atoms with Gasteiger partial charge in [0, 0.05) is 25.2 Å². The molecule has 2 heterocycles. The van der Waals surface area contributed by atoms with Gasteiger partial charge in [0.25, 0.3) is 0 Å². The fourth-order valence-electron chi connectivity index (χ4n) is 2.43. The molecule has 3 aromatic rings. The van der Waals surface area contributed by atoms with Crippen molar-refractivity contribution in [3.8, 4) is 11.4 Å². The normalized spacial score (nSPS) is 11.8. The minimum absolute atomic E-state index is 0.349. The van der Waals surface area contributed by atoms with E-state index in [1.807, 2.05) is 24.3 Å². The van der Waals surface area contributed by atoms with Crippen LogP contribution in [-0.4, -0.2) is 33.3 Å². The molecule has 0 unspecified atom stereocenters. The van der Waals surface area contributed by atoms with Crippen LogP contribution < -0.4 is 10.6 Å². The molecule has 0 bridgehead atoms. The van der Waals surface area contributed by atoms with Crippen LogP contribution in [0.2, 0.25) is 0 Å². The summed E-state index contributed by atoms with van der Waals surface area (Å²) >= 11 is 0. The monoisotopic (exact) mass is 353 g/mol. The van der Waals surface area contributed by atoms with Crippen LogP contribution in [0.5, 0.6) is 0 Å². The van der Waals surface area contributed by atoms with Gasteiger partial charge in [0.2, 0.25) is 0 Å². The summed E-state index contributed by atoms with van der Waals surface area (Å²) < 4.78 is 5.33. The van der Waals surface area contributed by atoms with Crippen molar-refractivity contribution in [3.63, 3.8) is 0 Å². The molecule has 8 heteroatoms. The molecule has 0 saturated carbocycles. The lowest BCUT2D eigenvalue weighted by Gasteiger charge is -2.11. The molecule has 136 valence electrons. The average molecular weight is 353 g/mol. The van der Waals surface area contributed by atoms with Crippen molar-refractivity contribution in [2.24, 2.45) is 4.99 Å². The first-order valence-electron chi connectivity index (χ1n) is 8.50. The topological polar surface area (TPSA) is 104 Å². The number of aromatic nitrogens is 4. The maximum Gasteiger partial charge on any atom is 0.191 e. The molecule has 2 aromatic heterocycles. The maximum absolute atomic E-state index is 5.33. The predicted molar refractivity (Wildman–Crippen MR) is 99.4 cm³/mol. The smallest absolute Gasteiger partial charge is 0.191 e. The Morgan fingerprint density at radius 2 is 2.08 bits per heavy atom. The van der Waals surface area contributed by atoms with Crippen LogP contribution in [0.4, 0.5) is 0 Å². The molecule has 26 heavy (non-hydrogen) atoms. The highest BCUT2D eigenvalue weighted by Crippen LogP contribution is 2.15. The van der Waals surface area contributed by atoms with E-state index in [1.165, 1.54) is 6.33 Å². The summed E-state index contributed by atoms with van der Waals surface area (Å²) in [5.74, 6) is 2.57. The van der Waals surface area contributed by atoms with Gasteiger partial charge >= 0.3 is 0 Å². The SMILES string of the molecule is CN=C(NCc1cccc(-c2ncn[nH]2)c1)NCc1cc(C(C)C)no1. The summed E-state index contributed by atoms with van der Waals surface area (Å²) in [6.45, 7) is 5.33. The first kappa shape index (κ1) is 17.7. The molecule has 0 aliphatic carbocycles. The number of nitrogens with zero attached hydrogens (tertiary/aromatic N) is 4. The van der Waals surface area contributed by atoms with Crippen LogP contribution in [0, 0.1) is 0 Å². The zero-order chi connectivity index (χ0) is 18.4. The molecule has 1 aromatic carbocycles. The Bertz CT molecular complexity index is 852.